The fraction of sp³-hybridized carbons (Fsp3) is 0.500. The van der Waals surface area contributed by atoms with Gasteiger partial charge in [-0.25, -0.2) is 12.7 Å². The Morgan fingerprint density at radius 2 is 1.76 bits per heavy atom. The van der Waals surface area contributed by atoms with E-state index in [4.69, 9.17) is 0 Å². The molecule has 0 bridgehead atoms. The maximum atomic E-state index is 12.0. The van der Waals surface area contributed by atoms with Crippen molar-refractivity contribution in [3.05, 3.63) is 24.3 Å². The summed E-state index contributed by atoms with van der Waals surface area (Å²) in [6, 6.07) is 6.87. The lowest BCUT2D eigenvalue weighted by molar-refractivity contribution is 0.486. The zero-order chi connectivity index (χ0) is 12.9. The molecule has 1 aromatic carbocycles. The van der Waals surface area contributed by atoms with E-state index in [2.05, 4.69) is 12.2 Å². The number of hydrogen-bond donors (Lipinski definition) is 1. The summed E-state index contributed by atoms with van der Waals surface area (Å²) in [6.45, 7) is 5.26. The standard InChI is InChI=1S/C12H20N2O2S/c1-4-10-13-11-6-8-12(9-7-11)17(15,16)14(3)5-2/h6-9,13H,4-5,10H2,1-3H3. The number of nitrogens with one attached hydrogen (secondary N) is 1. The molecular weight excluding hydrogens is 236 g/mol. The fourth-order valence-electron chi connectivity index (χ4n) is 1.36. The van der Waals surface area contributed by atoms with Gasteiger partial charge in [0.05, 0.1) is 4.90 Å². The Morgan fingerprint density at radius 1 is 1.18 bits per heavy atom. The molecule has 96 valence electrons. The highest BCUT2D eigenvalue weighted by molar-refractivity contribution is 7.89. The largest absolute Gasteiger partial charge is 0.385 e. The Bertz CT molecular complexity index is 440. The van der Waals surface area contributed by atoms with Gasteiger partial charge in [-0.05, 0) is 30.7 Å². The van der Waals surface area contributed by atoms with Crippen molar-refractivity contribution in [1.29, 1.82) is 0 Å². The van der Waals surface area contributed by atoms with Gasteiger partial charge in [0.2, 0.25) is 10.0 Å². The van der Waals surface area contributed by atoms with Gasteiger partial charge in [0.15, 0.2) is 0 Å². The topological polar surface area (TPSA) is 49.4 Å². The van der Waals surface area contributed by atoms with Gasteiger partial charge in [0.1, 0.15) is 0 Å². The number of anilines is 1. The second-order valence-corrected chi connectivity index (χ2v) is 5.92. The van der Waals surface area contributed by atoms with Crippen molar-refractivity contribution in [2.45, 2.75) is 25.2 Å². The Balaban J connectivity index is 2.87. The highest BCUT2D eigenvalue weighted by Crippen LogP contribution is 2.17. The fourth-order valence-corrected chi connectivity index (χ4v) is 2.54. The molecule has 0 saturated carbocycles. The van der Waals surface area contributed by atoms with Crippen LogP contribution in [0, 0.1) is 0 Å². The summed E-state index contributed by atoms with van der Waals surface area (Å²) in [5.74, 6) is 0. The van der Waals surface area contributed by atoms with Gasteiger partial charge in [-0.1, -0.05) is 13.8 Å². The quantitative estimate of drug-likeness (QED) is 0.848. The van der Waals surface area contributed by atoms with E-state index in [0.717, 1.165) is 18.7 Å². The van der Waals surface area contributed by atoms with Crippen molar-refractivity contribution < 1.29 is 8.42 Å². The Morgan fingerprint density at radius 3 is 2.24 bits per heavy atom. The Hall–Kier alpha value is -1.07. The molecule has 1 N–H and O–H groups in total. The summed E-state index contributed by atoms with van der Waals surface area (Å²) in [6.07, 6.45) is 1.04. The maximum Gasteiger partial charge on any atom is 0.242 e. The lowest BCUT2D eigenvalue weighted by Crippen LogP contribution is -2.26. The lowest BCUT2D eigenvalue weighted by Gasteiger charge is -2.15. The molecule has 0 spiro atoms. The first kappa shape index (κ1) is 14.0. The molecule has 4 nitrogen and oxygen atoms in total. The summed E-state index contributed by atoms with van der Waals surface area (Å²) in [5.41, 5.74) is 0.949. The minimum absolute atomic E-state index is 0.337. The van der Waals surface area contributed by atoms with Crippen molar-refractivity contribution in [1.82, 2.24) is 4.31 Å². The molecule has 0 radical (unpaired) electrons. The van der Waals surface area contributed by atoms with Crippen LogP contribution in [0.5, 0.6) is 0 Å². The highest BCUT2D eigenvalue weighted by atomic mass is 32.2. The van der Waals surface area contributed by atoms with Crippen LogP contribution >= 0.6 is 0 Å². The number of nitrogens with zero attached hydrogens (tertiary/aromatic N) is 1. The smallest absolute Gasteiger partial charge is 0.242 e. The van der Waals surface area contributed by atoms with E-state index in [0.29, 0.717) is 11.4 Å². The number of sulfonamides is 1. The Labute approximate surface area is 104 Å². The minimum atomic E-state index is -3.32. The van der Waals surface area contributed by atoms with E-state index in [9.17, 15) is 8.42 Å². The molecule has 0 aromatic heterocycles. The van der Waals surface area contributed by atoms with Gasteiger partial charge in [-0.15, -0.1) is 0 Å². The molecule has 1 rings (SSSR count). The van der Waals surface area contributed by atoms with Gasteiger partial charge in [-0.2, -0.15) is 0 Å². The molecule has 5 heteroatoms. The normalized spacial score (nSPS) is 11.8. The van der Waals surface area contributed by atoms with Gasteiger partial charge in [-0.3, -0.25) is 0 Å². The van der Waals surface area contributed by atoms with Gasteiger partial charge in [0.25, 0.3) is 0 Å². The first-order valence-electron chi connectivity index (χ1n) is 5.82. The van der Waals surface area contributed by atoms with E-state index in [1.165, 1.54) is 4.31 Å². The van der Waals surface area contributed by atoms with E-state index in [-0.39, 0.29) is 0 Å². The maximum absolute atomic E-state index is 12.0. The van der Waals surface area contributed by atoms with E-state index in [1.54, 1.807) is 31.3 Å². The number of rotatable bonds is 6. The average Bonchev–Trinajstić information content (AvgIpc) is 2.35. The molecule has 17 heavy (non-hydrogen) atoms. The van der Waals surface area contributed by atoms with E-state index in [1.807, 2.05) is 6.92 Å². The summed E-state index contributed by atoms with van der Waals surface area (Å²) in [5, 5.41) is 3.21. The molecule has 0 unspecified atom stereocenters. The average molecular weight is 256 g/mol. The second kappa shape index (κ2) is 6.02. The molecule has 0 heterocycles. The van der Waals surface area contributed by atoms with Crippen molar-refractivity contribution in [3.8, 4) is 0 Å². The van der Waals surface area contributed by atoms with Crippen molar-refractivity contribution >= 4 is 15.7 Å². The SMILES string of the molecule is CCCNc1ccc(S(=O)(=O)N(C)CC)cc1. The number of hydrogen-bond acceptors (Lipinski definition) is 3. The molecule has 0 amide bonds. The van der Waals surface area contributed by atoms with Gasteiger partial charge >= 0.3 is 0 Å². The molecular formula is C12H20N2O2S. The molecule has 0 atom stereocenters. The predicted molar refractivity (Wildman–Crippen MR) is 70.7 cm³/mol. The molecule has 1 aromatic rings. The monoisotopic (exact) mass is 256 g/mol. The third kappa shape index (κ3) is 3.44. The van der Waals surface area contributed by atoms with Crippen LogP contribution in [0.2, 0.25) is 0 Å². The first-order chi connectivity index (χ1) is 8.02. The second-order valence-electron chi connectivity index (χ2n) is 3.87. The van der Waals surface area contributed by atoms with Crippen LogP contribution in [0.4, 0.5) is 5.69 Å². The van der Waals surface area contributed by atoms with Crippen molar-refractivity contribution in [2.24, 2.45) is 0 Å². The van der Waals surface area contributed by atoms with Crippen molar-refractivity contribution in [3.63, 3.8) is 0 Å². The summed E-state index contributed by atoms with van der Waals surface area (Å²) < 4.78 is 25.3. The zero-order valence-corrected chi connectivity index (χ0v) is 11.4. The molecule has 0 aliphatic carbocycles. The van der Waals surface area contributed by atoms with Crippen LogP contribution < -0.4 is 5.32 Å². The van der Waals surface area contributed by atoms with Crippen LogP contribution in [0.3, 0.4) is 0 Å². The third-order valence-electron chi connectivity index (χ3n) is 2.59. The summed E-state index contributed by atoms with van der Waals surface area (Å²) >= 11 is 0. The van der Waals surface area contributed by atoms with E-state index < -0.39 is 10.0 Å². The van der Waals surface area contributed by atoms with Crippen LogP contribution in [0.25, 0.3) is 0 Å². The van der Waals surface area contributed by atoms with E-state index >= 15 is 0 Å². The predicted octanol–water partition coefficient (Wildman–Crippen LogP) is 2.15. The summed E-state index contributed by atoms with van der Waals surface area (Å²) in [4.78, 5) is 0.337. The van der Waals surface area contributed by atoms with Crippen LogP contribution in [-0.4, -0.2) is 32.9 Å². The zero-order valence-electron chi connectivity index (χ0n) is 10.6. The summed E-state index contributed by atoms with van der Waals surface area (Å²) in [7, 11) is -1.74. The van der Waals surface area contributed by atoms with Crippen LogP contribution in [0.1, 0.15) is 20.3 Å². The minimum Gasteiger partial charge on any atom is -0.385 e. The van der Waals surface area contributed by atoms with Crippen molar-refractivity contribution in [2.75, 3.05) is 25.5 Å². The number of benzene rings is 1. The Kier molecular flexibility index (Phi) is 4.96. The van der Waals surface area contributed by atoms with Gasteiger partial charge < -0.3 is 5.32 Å². The third-order valence-corrected chi connectivity index (χ3v) is 4.53. The lowest BCUT2D eigenvalue weighted by atomic mass is 10.3. The van der Waals surface area contributed by atoms with Gasteiger partial charge in [0, 0.05) is 25.8 Å². The highest BCUT2D eigenvalue weighted by Gasteiger charge is 2.18. The van der Waals surface area contributed by atoms with Crippen LogP contribution in [0.15, 0.2) is 29.2 Å². The molecule has 0 aliphatic heterocycles. The molecule has 0 saturated heterocycles. The van der Waals surface area contributed by atoms with Crippen LogP contribution in [-0.2, 0) is 10.0 Å². The first-order valence-corrected chi connectivity index (χ1v) is 7.26. The molecule has 0 fully saturated rings. The molecule has 0 aliphatic rings.